The quantitative estimate of drug-likeness (QED) is 0.491. The van der Waals surface area contributed by atoms with E-state index >= 15 is 0 Å². The number of rotatable bonds is 8. The molecule has 1 fully saturated rings. The number of benzene rings is 2. The van der Waals surface area contributed by atoms with Crippen molar-refractivity contribution in [2.45, 2.75) is 44.8 Å². The van der Waals surface area contributed by atoms with Crippen molar-refractivity contribution < 1.29 is 19.8 Å². The molecule has 0 saturated carbocycles. The molecule has 1 amide bonds. The summed E-state index contributed by atoms with van der Waals surface area (Å²) < 4.78 is 0. The second-order valence-electron chi connectivity index (χ2n) is 8.17. The summed E-state index contributed by atoms with van der Waals surface area (Å²) in [5.41, 5.74) is 2.20. The normalized spacial score (nSPS) is 17.8. The Bertz CT molecular complexity index is 1000. The zero-order valence-corrected chi connectivity index (χ0v) is 18.3. The summed E-state index contributed by atoms with van der Waals surface area (Å²) in [6.07, 6.45) is 5.57. The van der Waals surface area contributed by atoms with Gasteiger partial charge in [-0.3, -0.25) is 4.79 Å². The molecule has 2 aromatic carbocycles. The predicted molar refractivity (Wildman–Crippen MR) is 124 cm³/mol. The van der Waals surface area contributed by atoms with Crippen molar-refractivity contribution in [1.82, 2.24) is 4.90 Å². The number of likely N-dealkylation sites (tertiary alicyclic amines) is 1. The first-order valence-electron chi connectivity index (χ1n) is 11.0. The van der Waals surface area contributed by atoms with E-state index in [9.17, 15) is 14.7 Å². The van der Waals surface area contributed by atoms with E-state index in [4.69, 9.17) is 5.11 Å². The van der Waals surface area contributed by atoms with Crippen LogP contribution in [0.1, 0.15) is 47.7 Å². The molecule has 3 rings (SSSR count). The number of carboxylic acid groups (broad SMARTS) is 1. The fourth-order valence-corrected chi connectivity index (χ4v) is 3.70. The summed E-state index contributed by atoms with van der Waals surface area (Å²) in [7, 11) is 0. The minimum absolute atomic E-state index is 0.0132. The second-order valence-corrected chi connectivity index (χ2v) is 8.17. The molecule has 0 spiro atoms. The third kappa shape index (κ3) is 6.57. The first-order chi connectivity index (χ1) is 15.4. The monoisotopic (exact) mass is 431 g/mol. The predicted octanol–water partition coefficient (Wildman–Crippen LogP) is 3.91. The molecule has 0 radical (unpaired) electrons. The van der Waals surface area contributed by atoms with Crippen LogP contribution in [0.15, 0.2) is 66.7 Å². The first kappa shape index (κ1) is 23.3. The molecule has 1 aliphatic heterocycles. The molecule has 0 aromatic heterocycles. The topological polar surface area (TPSA) is 77.8 Å². The molecule has 5 nitrogen and oxygen atoms in total. The van der Waals surface area contributed by atoms with Gasteiger partial charge in [-0.1, -0.05) is 61.2 Å². The number of carboxylic acids is 1. The van der Waals surface area contributed by atoms with Crippen LogP contribution in [0.4, 0.5) is 0 Å². The van der Waals surface area contributed by atoms with Gasteiger partial charge in [0.15, 0.2) is 0 Å². The Morgan fingerprint density at radius 2 is 1.91 bits per heavy atom. The zero-order valence-electron chi connectivity index (χ0n) is 18.3. The number of carbonyl (C=O) groups excluding carboxylic acids is 1. The number of nitrogens with zero attached hydrogens (tertiary/aromatic N) is 1. The average Bonchev–Trinajstić information content (AvgIpc) is 3.16. The van der Waals surface area contributed by atoms with Gasteiger partial charge in [-0.05, 0) is 48.6 Å². The van der Waals surface area contributed by atoms with E-state index in [1.54, 1.807) is 30.3 Å². The maximum absolute atomic E-state index is 12.3. The number of carbonyl (C=O) groups is 2. The maximum atomic E-state index is 12.3. The molecule has 32 heavy (non-hydrogen) atoms. The number of aromatic carboxylic acids is 1. The summed E-state index contributed by atoms with van der Waals surface area (Å²) in [5.74, 6) is 5.39. The molecule has 5 heteroatoms. The van der Waals surface area contributed by atoms with Crippen LogP contribution >= 0.6 is 0 Å². The molecule has 0 bridgehead atoms. The van der Waals surface area contributed by atoms with E-state index in [1.165, 1.54) is 0 Å². The molecular formula is C27H29NO4. The number of aliphatic hydroxyl groups excluding tert-OH is 1. The highest BCUT2D eigenvalue weighted by atomic mass is 16.4. The number of hydrogen-bond acceptors (Lipinski definition) is 3. The summed E-state index contributed by atoms with van der Waals surface area (Å²) in [4.78, 5) is 25.2. The van der Waals surface area contributed by atoms with Crippen molar-refractivity contribution in [2.24, 2.45) is 5.92 Å². The molecule has 0 unspecified atom stereocenters. The molecule has 0 aliphatic carbocycles. The lowest BCUT2D eigenvalue weighted by Crippen LogP contribution is -2.34. The van der Waals surface area contributed by atoms with Crippen LogP contribution in [-0.2, 0) is 11.2 Å². The third-order valence-corrected chi connectivity index (χ3v) is 5.76. The minimum atomic E-state index is -0.949. The summed E-state index contributed by atoms with van der Waals surface area (Å²) in [6, 6.07) is 16.5. The van der Waals surface area contributed by atoms with Crippen LogP contribution in [0.2, 0.25) is 0 Å². The minimum Gasteiger partial charge on any atom is -0.478 e. The summed E-state index contributed by atoms with van der Waals surface area (Å²) >= 11 is 0. The molecule has 2 N–H and O–H groups in total. The Morgan fingerprint density at radius 1 is 1.19 bits per heavy atom. The van der Waals surface area contributed by atoms with E-state index in [-0.39, 0.29) is 23.4 Å². The zero-order chi connectivity index (χ0) is 22.9. The van der Waals surface area contributed by atoms with Gasteiger partial charge in [-0.2, -0.15) is 0 Å². The number of hydrogen-bond donors (Lipinski definition) is 2. The fraction of sp³-hybridized carbons (Fsp3) is 0.333. The Balaban J connectivity index is 1.52. The van der Waals surface area contributed by atoms with Gasteiger partial charge in [0.1, 0.15) is 0 Å². The molecule has 3 atom stereocenters. The van der Waals surface area contributed by atoms with Gasteiger partial charge in [0.25, 0.3) is 0 Å². The van der Waals surface area contributed by atoms with E-state index in [0.717, 1.165) is 17.5 Å². The van der Waals surface area contributed by atoms with Gasteiger partial charge in [0, 0.05) is 24.9 Å². The highest BCUT2D eigenvalue weighted by molar-refractivity contribution is 5.87. The van der Waals surface area contributed by atoms with Crippen LogP contribution in [0, 0.1) is 17.8 Å². The van der Waals surface area contributed by atoms with Crippen molar-refractivity contribution in [1.29, 1.82) is 0 Å². The van der Waals surface area contributed by atoms with Crippen molar-refractivity contribution in [2.75, 3.05) is 6.54 Å². The summed E-state index contributed by atoms with van der Waals surface area (Å²) in [5, 5.41) is 19.5. The Hall–Kier alpha value is -3.36. The van der Waals surface area contributed by atoms with Gasteiger partial charge < -0.3 is 15.1 Å². The first-order valence-corrected chi connectivity index (χ1v) is 11.0. The Morgan fingerprint density at radius 3 is 2.59 bits per heavy atom. The standard InChI is InChI=1S/C27H29NO4/c1-20(6-5-9-21-7-3-2-4-8-21)25(29)16-14-24-15-17-26(30)28(24)19-18-22-10-12-23(13-11-22)27(31)32/h2-4,7-8,10-14,16,20,24-25,29H,6,15,17-19H2,1H3,(H,31,32)/t20-,24-,25-/m0/s1. The lowest BCUT2D eigenvalue weighted by Gasteiger charge is -2.23. The lowest BCUT2D eigenvalue weighted by atomic mass is 9.99. The lowest BCUT2D eigenvalue weighted by molar-refractivity contribution is -0.128. The molecule has 2 aromatic rings. The number of amides is 1. The largest absolute Gasteiger partial charge is 0.478 e. The maximum Gasteiger partial charge on any atom is 0.335 e. The molecule has 1 aliphatic rings. The van der Waals surface area contributed by atoms with E-state index < -0.39 is 12.1 Å². The summed E-state index contributed by atoms with van der Waals surface area (Å²) in [6.45, 7) is 2.53. The highest BCUT2D eigenvalue weighted by Gasteiger charge is 2.28. The Labute approximate surface area is 189 Å². The van der Waals surface area contributed by atoms with Crippen LogP contribution in [-0.4, -0.2) is 45.7 Å². The van der Waals surface area contributed by atoms with Crippen LogP contribution in [0.3, 0.4) is 0 Å². The van der Waals surface area contributed by atoms with Gasteiger partial charge in [0.2, 0.25) is 5.91 Å². The van der Waals surface area contributed by atoms with Gasteiger partial charge in [0.05, 0.1) is 17.7 Å². The second kappa shape index (κ2) is 11.3. The van der Waals surface area contributed by atoms with Crippen LogP contribution < -0.4 is 0 Å². The Kier molecular flexibility index (Phi) is 8.24. The molecule has 1 heterocycles. The van der Waals surface area contributed by atoms with Crippen LogP contribution in [0.5, 0.6) is 0 Å². The third-order valence-electron chi connectivity index (χ3n) is 5.76. The smallest absolute Gasteiger partial charge is 0.335 e. The SMILES string of the molecule is C[C@@H](CC#Cc1ccccc1)[C@@H](O)C=C[C@H]1CCC(=O)N1CCc1ccc(C(=O)O)cc1. The van der Waals surface area contributed by atoms with Crippen molar-refractivity contribution in [3.63, 3.8) is 0 Å². The number of aliphatic hydroxyl groups is 1. The van der Waals surface area contributed by atoms with Gasteiger partial charge in [-0.25, -0.2) is 4.79 Å². The molecular weight excluding hydrogens is 402 g/mol. The average molecular weight is 432 g/mol. The van der Waals surface area contributed by atoms with Crippen molar-refractivity contribution >= 4 is 11.9 Å². The highest BCUT2D eigenvalue weighted by Crippen LogP contribution is 2.21. The fourth-order valence-electron chi connectivity index (χ4n) is 3.70. The molecule has 1 saturated heterocycles. The van der Waals surface area contributed by atoms with Crippen molar-refractivity contribution in [3.05, 3.63) is 83.4 Å². The van der Waals surface area contributed by atoms with Crippen molar-refractivity contribution in [3.8, 4) is 11.8 Å². The van der Waals surface area contributed by atoms with Gasteiger partial charge in [-0.15, -0.1) is 0 Å². The van der Waals surface area contributed by atoms with E-state index in [1.807, 2.05) is 48.2 Å². The van der Waals surface area contributed by atoms with Crippen LogP contribution in [0.25, 0.3) is 0 Å². The van der Waals surface area contributed by atoms with E-state index in [2.05, 4.69) is 11.8 Å². The van der Waals surface area contributed by atoms with Gasteiger partial charge >= 0.3 is 5.97 Å². The van der Waals surface area contributed by atoms with E-state index in [0.29, 0.717) is 25.8 Å². The molecule has 166 valence electrons.